The number of halogens is 1. The third kappa shape index (κ3) is 4.34. The minimum absolute atomic E-state index is 0.0542. The number of hydrogen-bond donors (Lipinski definition) is 2. The van der Waals surface area contributed by atoms with E-state index in [2.05, 4.69) is 26.6 Å². The zero-order chi connectivity index (χ0) is 18.7. The van der Waals surface area contributed by atoms with Gasteiger partial charge in [-0.15, -0.1) is 0 Å². The lowest BCUT2D eigenvalue weighted by Gasteiger charge is -2.32. The van der Waals surface area contributed by atoms with E-state index in [9.17, 15) is 9.59 Å². The highest BCUT2D eigenvalue weighted by Crippen LogP contribution is 2.36. The quantitative estimate of drug-likeness (QED) is 0.725. The second-order valence-corrected chi connectivity index (χ2v) is 7.27. The summed E-state index contributed by atoms with van der Waals surface area (Å²) in [5.74, 6) is 0.0630. The van der Waals surface area contributed by atoms with Crippen molar-refractivity contribution < 1.29 is 19.1 Å². The van der Waals surface area contributed by atoms with Crippen molar-refractivity contribution in [3.05, 3.63) is 39.5 Å². The second kappa shape index (κ2) is 7.91. The van der Waals surface area contributed by atoms with Gasteiger partial charge in [0.25, 0.3) is 0 Å². The average molecular weight is 411 g/mol. The Labute approximate surface area is 156 Å². The lowest BCUT2D eigenvalue weighted by Crippen LogP contribution is -2.47. The van der Waals surface area contributed by atoms with Gasteiger partial charge in [-0.1, -0.05) is 29.8 Å². The Morgan fingerprint density at radius 2 is 1.92 bits per heavy atom. The molecule has 0 aliphatic carbocycles. The predicted octanol–water partition coefficient (Wildman–Crippen LogP) is 3.67. The first-order valence-corrected chi connectivity index (χ1v) is 8.89. The normalized spacial score (nSPS) is 17.4. The lowest BCUT2D eigenvalue weighted by molar-refractivity contribution is -0.143. The highest BCUT2D eigenvalue weighted by Gasteiger charge is 2.36. The van der Waals surface area contributed by atoms with Crippen molar-refractivity contribution in [2.24, 2.45) is 5.92 Å². The molecule has 7 heteroatoms. The fourth-order valence-electron chi connectivity index (χ4n) is 2.71. The molecule has 2 rings (SSSR count). The molecule has 0 saturated carbocycles. The molecule has 1 aliphatic rings. The summed E-state index contributed by atoms with van der Waals surface area (Å²) in [6.07, 6.45) is -0.268. The number of nitrogens with one attached hydrogen (secondary N) is 2. The fourth-order valence-corrected chi connectivity index (χ4v) is 3.09. The van der Waals surface area contributed by atoms with E-state index in [1.165, 1.54) is 0 Å². The van der Waals surface area contributed by atoms with Crippen LogP contribution in [0.1, 0.15) is 39.3 Å². The van der Waals surface area contributed by atoms with Gasteiger partial charge in [-0.05, 0) is 38.0 Å². The summed E-state index contributed by atoms with van der Waals surface area (Å²) in [5, 5.41) is 5.56. The molecule has 0 bridgehead atoms. The maximum absolute atomic E-state index is 12.8. The summed E-state index contributed by atoms with van der Waals surface area (Å²) in [4.78, 5) is 24.9. The molecule has 1 heterocycles. The van der Waals surface area contributed by atoms with E-state index >= 15 is 0 Å². The first-order chi connectivity index (χ1) is 11.7. The molecule has 1 aliphatic heterocycles. The minimum atomic E-state index is -0.662. The van der Waals surface area contributed by atoms with Crippen molar-refractivity contribution in [1.82, 2.24) is 10.6 Å². The van der Waals surface area contributed by atoms with E-state index in [0.717, 1.165) is 4.47 Å². The summed E-state index contributed by atoms with van der Waals surface area (Å²) >= 11 is 3.43. The minimum Gasteiger partial charge on any atom is -0.496 e. The van der Waals surface area contributed by atoms with Gasteiger partial charge in [-0.2, -0.15) is 0 Å². The van der Waals surface area contributed by atoms with Gasteiger partial charge in [0.15, 0.2) is 0 Å². The Morgan fingerprint density at radius 1 is 1.24 bits per heavy atom. The molecule has 0 saturated heterocycles. The Hall–Kier alpha value is -2.02. The van der Waals surface area contributed by atoms with E-state index in [1.54, 1.807) is 27.0 Å². The molecular weight excluding hydrogens is 388 g/mol. The number of urea groups is 1. The molecule has 2 N–H and O–H groups in total. The maximum atomic E-state index is 12.8. The number of methoxy groups -OCH3 is 1. The van der Waals surface area contributed by atoms with Crippen LogP contribution in [0.3, 0.4) is 0 Å². The number of hydrogen-bond acceptors (Lipinski definition) is 4. The van der Waals surface area contributed by atoms with E-state index in [-0.39, 0.29) is 18.1 Å². The van der Waals surface area contributed by atoms with E-state index in [1.807, 2.05) is 26.0 Å². The number of rotatable bonds is 5. The van der Waals surface area contributed by atoms with E-state index in [0.29, 0.717) is 22.6 Å². The molecule has 0 aromatic heterocycles. The number of carbonyl (C=O) groups excluding carboxylic acids is 2. The van der Waals surface area contributed by atoms with Crippen LogP contribution in [-0.4, -0.2) is 25.2 Å². The number of ether oxygens (including phenoxy) is 2. The molecule has 1 unspecified atom stereocenters. The van der Waals surface area contributed by atoms with Crippen molar-refractivity contribution in [2.45, 2.75) is 39.8 Å². The molecule has 0 fully saturated rings. The highest BCUT2D eigenvalue weighted by atomic mass is 79.9. The van der Waals surface area contributed by atoms with Crippen LogP contribution in [0.5, 0.6) is 5.75 Å². The summed E-state index contributed by atoms with van der Waals surface area (Å²) in [6, 6.07) is 4.43. The first-order valence-electron chi connectivity index (χ1n) is 8.10. The number of carbonyl (C=O) groups is 2. The van der Waals surface area contributed by atoms with Crippen molar-refractivity contribution in [3.8, 4) is 5.75 Å². The highest BCUT2D eigenvalue weighted by molar-refractivity contribution is 9.10. The fraction of sp³-hybridized carbons (Fsp3) is 0.444. The topological polar surface area (TPSA) is 76.7 Å². The lowest BCUT2D eigenvalue weighted by atomic mass is 9.91. The van der Waals surface area contributed by atoms with Crippen molar-refractivity contribution >= 4 is 27.9 Å². The summed E-state index contributed by atoms with van der Waals surface area (Å²) in [5.41, 5.74) is 1.63. The van der Waals surface area contributed by atoms with Crippen LogP contribution in [0.2, 0.25) is 0 Å². The standard InChI is InChI=1S/C18H23BrN2O4/c1-9(2)15-14(17(22)25-10(3)4)16(21-18(23)20-15)12-8-11(19)6-7-13(12)24-5/h6-10,16H,1-5H3,(H2,20,21,23). The molecule has 0 spiro atoms. The monoisotopic (exact) mass is 410 g/mol. The van der Waals surface area contributed by atoms with Gasteiger partial charge < -0.3 is 20.1 Å². The van der Waals surface area contributed by atoms with Crippen molar-refractivity contribution in [3.63, 3.8) is 0 Å². The maximum Gasteiger partial charge on any atom is 0.338 e. The van der Waals surface area contributed by atoms with Gasteiger partial charge in [0.2, 0.25) is 0 Å². The summed E-state index contributed by atoms with van der Waals surface area (Å²) in [7, 11) is 1.55. The second-order valence-electron chi connectivity index (χ2n) is 6.35. The van der Waals surface area contributed by atoms with Gasteiger partial charge in [0, 0.05) is 15.7 Å². The molecule has 1 aromatic rings. The molecule has 1 aromatic carbocycles. The molecule has 0 radical (unpaired) electrons. The molecule has 25 heavy (non-hydrogen) atoms. The van der Waals surface area contributed by atoms with Crippen molar-refractivity contribution in [2.75, 3.05) is 7.11 Å². The number of allylic oxidation sites excluding steroid dienone is 1. The Balaban J connectivity index is 2.64. The molecule has 1 atom stereocenters. The van der Waals surface area contributed by atoms with Gasteiger partial charge in [0.05, 0.1) is 24.8 Å². The molecule has 2 amide bonds. The average Bonchev–Trinajstić information content (AvgIpc) is 2.53. The Kier molecular flexibility index (Phi) is 6.11. The van der Waals surface area contributed by atoms with Crippen molar-refractivity contribution in [1.29, 1.82) is 0 Å². The number of amides is 2. The van der Waals surface area contributed by atoms with Gasteiger partial charge >= 0.3 is 12.0 Å². The number of esters is 1. The van der Waals surface area contributed by atoms with Crippen LogP contribution in [-0.2, 0) is 9.53 Å². The third-order valence-electron chi connectivity index (χ3n) is 3.75. The van der Waals surface area contributed by atoms with Crippen LogP contribution in [0, 0.1) is 5.92 Å². The third-order valence-corrected chi connectivity index (χ3v) is 4.24. The summed E-state index contributed by atoms with van der Waals surface area (Å²) in [6.45, 7) is 7.41. The van der Waals surface area contributed by atoms with E-state index in [4.69, 9.17) is 9.47 Å². The van der Waals surface area contributed by atoms with Crippen LogP contribution in [0.15, 0.2) is 33.9 Å². The zero-order valence-electron chi connectivity index (χ0n) is 15.0. The zero-order valence-corrected chi connectivity index (χ0v) is 16.6. The van der Waals surface area contributed by atoms with Gasteiger partial charge in [-0.25, -0.2) is 9.59 Å². The van der Waals surface area contributed by atoms with Gasteiger partial charge in [0.1, 0.15) is 5.75 Å². The SMILES string of the molecule is COc1ccc(Br)cc1C1NC(=O)NC(C(C)C)=C1C(=O)OC(C)C. The first kappa shape index (κ1) is 19.3. The van der Waals surface area contributed by atoms with Crippen LogP contribution < -0.4 is 15.4 Å². The summed E-state index contributed by atoms with van der Waals surface area (Å²) < 4.78 is 11.7. The molecular formula is C18H23BrN2O4. The predicted molar refractivity (Wildman–Crippen MR) is 98.2 cm³/mol. The molecule has 136 valence electrons. The van der Waals surface area contributed by atoms with Crippen LogP contribution in [0.4, 0.5) is 4.79 Å². The largest absolute Gasteiger partial charge is 0.496 e. The Morgan fingerprint density at radius 3 is 2.48 bits per heavy atom. The number of benzene rings is 1. The van der Waals surface area contributed by atoms with Crippen LogP contribution in [0.25, 0.3) is 0 Å². The van der Waals surface area contributed by atoms with Gasteiger partial charge in [-0.3, -0.25) is 0 Å². The van der Waals surface area contributed by atoms with Crippen LogP contribution >= 0.6 is 15.9 Å². The smallest absolute Gasteiger partial charge is 0.338 e. The Bertz CT molecular complexity index is 713. The molecule has 6 nitrogen and oxygen atoms in total. The van der Waals surface area contributed by atoms with E-state index < -0.39 is 12.0 Å².